The van der Waals surface area contributed by atoms with Crippen LogP contribution in [0.15, 0.2) is 30.9 Å². The second kappa shape index (κ2) is 8.96. The number of hydrogen-bond acceptors (Lipinski definition) is 4. The van der Waals surface area contributed by atoms with Crippen LogP contribution in [0.5, 0.6) is 11.5 Å². The molecular formula is C18H24N2O4. The molecule has 0 atom stereocenters. The lowest BCUT2D eigenvalue weighted by Gasteiger charge is -2.12. The lowest BCUT2D eigenvalue weighted by molar-refractivity contribution is -0.124. The SMILES string of the molecule is C=CCc1ccc(OCC(=O)NCCNC(=O)C2CC2)c(OC)c1. The van der Waals surface area contributed by atoms with Crippen molar-refractivity contribution in [2.75, 3.05) is 26.8 Å². The molecule has 0 unspecified atom stereocenters. The van der Waals surface area contributed by atoms with Gasteiger partial charge in [-0.15, -0.1) is 6.58 Å². The first-order valence-corrected chi connectivity index (χ1v) is 8.09. The topological polar surface area (TPSA) is 76.7 Å². The number of carbonyl (C=O) groups is 2. The van der Waals surface area contributed by atoms with Gasteiger partial charge in [0.15, 0.2) is 18.1 Å². The maximum atomic E-state index is 11.8. The molecule has 1 aliphatic rings. The van der Waals surface area contributed by atoms with Gasteiger partial charge in [-0.1, -0.05) is 12.1 Å². The van der Waals surface area contributed by atoms with Crippen LogP contribution in [0.3, 0.4) is 0 Å². The molecule has 1 saturated carbocycles. The van der Waals surface area contributed by atoms with Crippen LogP contribution >= 0.6 is 0 Å². The Balaban J connectivity index is 1.70. The zero-order chi connectivity index (χ0) is 17.4. The Morgan fingerprint density at radius 3 is 2.67 bits per heavy atom. The monoisotopic (exact) mass is 332 g/mol. The summed E-state index contributed by atoms with van der Waals surface area (Å²) in [5.74, 6) is 1.11. The summed E-state index contributed by atoms with van der Waals surface area (Å²) in [4.78, 5) is 23.2. The van der Waals surface area contributed by atoms with Gasteiger partial charge in [0.1, 0.15) is 0 Å². The van der Waals surface area contributed by atoms with Gasteiger partial charge in [-0.25, -0.2) is 0 Å². The van der Waals surface area contributed by atoms with E-state index in [9.17, 15) is 9.59 Å². The van der Waals surface area contributed by atoms with Crippen molar-refractivity contribution >= 4 is 11.8 Å². The van der Waals surface area contributed by atoms with E-state index in [4.69, 9.17) is 9.47 Å². The molecule has 6 heteroatoms. The number of carbonyl (C=O) groups excluding carboxylic acids is 2. The zero-order valence-electron chi connectivity index (χ0n) is 14.0. The van der Waals surface area contributed by atoms with Gasteiger partial charge in [0.05, 0.1) is 7.11 Å². The summed E-state index contributed by atoms with van der Waals surface area (Å²) >= 11 is 0. The summed E-state index contributed by atoms with van der Waals surface area (Å²) in [7, 11) is 1.56. The molecule has 0 bridgehead atoms. The molecule has 1 aromatic rings. The van der Waals surface area contributed by atoms with Gasteiger partial charge in [0, 0.05) is 19.0 Å². The summed E-state index contributed by atoms with van der Waals surface area (Å²) in [6.07, 6.45) is 4.49. The highest BCUT2D eigenvalue weighted by Crippen LogP contribution is 2.29. The fourth-order valence-electron chi connectivity index (χ4n) is 2.20. The van der Waals surface area contributed by atoms with Crippen LogP contribution in [0.25, 0.3) is 0 Å². The molecule has 2 rings (SSSR count). The van der Waals surface area contributed by atoms with Crippen LogP contribution in [-0.2, 0) is 16.0 Å². The number of benzene rings is 1. The Kier molecular flexibility index (Phi) is 6.66. The van der Waals surface area contributed by atoms with Crippen molar-refractivity contribution in [3.05, 3.63) is 36.4 Å². The summed E-state index contributed by atoms with van der Waals surface area (Å²) in [5, 5.41) is 5.49. The Morgan fingerprint density at radius 2 is 2.00 bits per heavy atom. The van der Waals surface area contributed by atoms with E-state index < -0.39 is 0 Å². The highest BCUT2D eigenvalue weighted by atomic mass is 16.5. The van der Waals surface area contributed by atoms with Crippen LogP contribution in [0.1, 0.15) is 18.4 Å². The van der Waals surface area contributed by atoms with Crippen molar-refractivity contribution in [3.8, 4) is 11.5 Å². The summed E-state index contributed by atoms with van der Waals surface area (Å²) in [5.41, 5.74) is 1.06. The minimum atomic E-state index is -0.243. The minimum absolute atomic E-state index is 0.0739. The maximum Gasteiger partial charge on any atom is 0.258 e. The molecule has 0 radical (unpaired) electrons. The molecule has 2 amide bonds. The van der Waals surface area contributed by atoms with Crippen molar-refractivity contribution in [2.24, 2.45) is 5.92 Å². The standard InChI is InChI=1S/C18H24N2O4/c1-3-4-13-5-8-15(16(11-13)23-2)24-12-17(21)19-9-10-20-18(22)14-6-7-14/h3,5,8,11,14H,1,4,6-7,9-10,12H2,2H3,(H,19,21)(H,20,22). The predicted octanol–water partition coefficient (Wildman–Crippen LogP) is 1.44. The van der Waals surface area contributed by atoms with E-state index in [1.54, 1.807) is 13.2 Å². The smallest absolute Gasteiger partial charge is 0.258 e. The van der Waals surface area contributed by atoms with Gasteiger partial charge in [-0.05, 0) is 37.0 Å². The molecule has 0 spiro atoms. The summed E-state index contributed by atoms with van der Waals surface area (Å²) in [6, 6.07) is 5.55. The van der Waals surface area contributed by atoms with Gasteiger partial charge >= 0.3 is 0 Å². The van der Waals surface area contributed by atoms with Gasteiger partial charge in [0.25, 0.3) is 5.91 Å². The number of allylic oxidation sites excluding steroid dienone is 1. The van der Waals surface area contributed by atoms with Crippen LogP contribution < -0.4 is 20.1 Å². The van der Waals surface area contributed by atoms with Crippen LogP contribution in [0.4, 0.5) is 0 Å². The third-order valence-electron chi connectivity index (χ3n) is 3.66. The number of nitrogens with one attached hydrogen (secondary N) is 2. The Morgan fingerprint density at radius 1 is 1.25 bits per heavy atom. The van der Waals surface area contributed by atoms with Crippen molar-refractivity contribution in [3.63, 3.8) is 0 Å². The average molecular weight is 332 g/mol. The zero-order valence-corrected chi connectivity index (χ0v) is 14.0. The Hall–Kier alpha value is -2.50. The molecule has 0 saturated heterocycles. The normalized spacial score (nSPS) is 13.0. The second-order valence-corrected chi connectivity index (χ2v) is 5.68. The number of methoxy groups -OCH3 is 1. The highest BCUT2D eigenvalue weighted by Gasteiger charge is 2.28. The quantitative estimate of drug-likeness (QED) is 0.502. The third-order valence-corrected chi connectivity index (χ3v) is 3.66. The number of ether oxygens (including phenoxy) is 2. The predicted molar refractivity (Wildman–Crippen MR) is 91.1 cm³/mol. The fraction of sp³-hybridized carbons (Fsp3) is 0.444. The molecule has 6 nitrogen and oxygen atoms in total. The van der Waals surface area contributed by atoms with Gasteiger partial charge in [-0.3, -0.25) is 9.59 Å². The second-order valence-electron chi connectivity index (χ2n) is 5.68. The largest absolute Gasteiger partial charge is 0.493 e. The van der Waals surface area contributed by atoms with E-state index in [0.717, 1.165) is 24.8 Å². The fourth-order valence-corrected chi connectivity index (χ4v) is 2.20. The van der Waals surface area contributed by atoms with E-state index in [-0.39, 0.29) is 24.3 Å². The average Bonchev–Trinajstić information content (AvgIpc) is 3.42. The Bertz CT molecular complexity index is 597. The number of hydrogen-bond donors (Lipinski definition) is 2. The molecule has 0 heterocycles. The van der Waals surface area contributed by atoms with Gasteiger partial charge < -0.3 is 20.1 Å². The molecule has 0 aliphatic heterocycles. The van der Waals surface area contributed by atoms with Crippen molar-refractivity contribution in [1.82, 2.24) is 10.6 Å². The molecule has 130 valence electrons. The Labute approximate surface area is 142 Å². The van der Waals surface area contributed by atoms with Gasteiger partial charge in [-0.2, -0.15) is 0 Å². The van der Waals surface area contributed by atoms with Crippen LogP contribution in [-0.4, -0.2) is 38.6 Å². The number of amides is 2. The molecule has 24 heavy (non-hydrogen) atoms. The van der Waals surface area contributed by atoms with Crippen LogP contribution in [0.2, 0.25) is 0 Å². The third kappa shape index (κ3) is 5.61. The van der Waals surface area contributed by atoms with Crippen molar-refractivity contribution < 1.29 is 19.1 Å². The van der Waals surface area contributed by atoms with E-state index >= 15 is 0 Å². The molecule has 1 aliphatic carbocycles. The molecule has 1 aromatic carbocycles. The van der Waals surface area contributed by atoms with E-state index in [0.29, 0.717) is 24.6 Å². The first kappa shape index (κ1) is 17.8. The molecule has 0 aromatic heterocycles. The van der Waals surface area contributed by atoms with Crippen molar-refractivity contribution in [2.45, 2.75) is 19.3 Å². The minimum Gasteiger partial charge on any atom is -0.493 e. The maximum absolute atomic E-state index is 11.8. The van der Waals surface area contributed by atoms with Crippen molar-refractivity contribution in [1.29, 1.82) is 0 Å². The molecular weight excluding hydrogens is 308 g/mol. The van der Waals surface area contributed by atoms with Gasteiger partial charge in [0.2, 0.25) is 5.91 Å². The summed E-state index contributed by atoms with van der Waals surface area (Å²) < 4.78 is 10.8. The first-order chi connectivity index (χ1) is 11.6. The van der Waals surface area contributed by atoms with Crippen LogP contribution in [0, 0.1) is 5.92 Å². The van der Waals surface area contributed by atoms with E-state index in [1.165, 1.54) is 0 Å². The number of rotatable bonds is 10. The first-order valence-electron chi connectivity index (χ1n) is 8.09. The molecule has 1 fully saturated rings. The molecule has 2 N–H and O–H groups in total. The summed E-state index contributed by atoms with van der Waals surface area (Å²) in [6.45, 7) is 4.41. The highest BCUT2D eigenvalue weighted by molar-refractivity contribution is 5.81. The van der Waals surface area contributed by atoms with E-state index in [1.807, 2.05) is 18.2 Å². The lowest BCUT2D eigenvalue weighted by Crippen LogP contribution is -2.37. The van der Waals surface area contributed by atoms with E-state index in [2.05, 4.69) is 17.2 Å². The lowest BCUT2D eigenvalue weighted by atomic mass is 10.1.